The Morgan fingerprint density at radius 3 is 3.00 bits per heavy atom. The summed E-state index contributed by atoms with van der Waals surface area (Å²) in [4.78, 5) is 4.37. The summed E-state index contributed by atoms with van der Waals surface area (Å²) in [5.74, 6) is 0. The van der Waals surface area contributed by atoms with Gasteiger partial charge in [0.1, 0.15) is 6.61 Å². The Balaban J connectivity index is 2.02. The summed E-state index contributed by atoms with van der Waals surface area (Å²) in [5.41, 5.74) is 0.996. The van der Waals surface area contributed by atoms with E-state index >= 15 is 0 Å². The third-order valence-corrected chi connectivity index (χ3v) is 2.92. The van der Waals surface area contributed by atoms with E-state index in [9.17, 15) is 8.78 Å². The molecule has 0 unspecified atom stereocenters. The van der Waals surface area contributed by atoms with Gasteiger partial charge in [-0.05, 0) is 6.42 Å². The average molecular weight is 250 g/mol. The second kappa shape index (κ2) is 7.65. The SMILES string of the molecule is CCc1nc(CNCCOCC(F)F)cs1. The molecule has 0 aliphatic heterocycles. The number of rotatable bonds is 8. The largest absolute Gasteiger partial charge is 0.374 e. The zero-order chi connectivity index (χ0) is 11.8. The standard InChI is InChI=1S/C10H16F2N2OS/c1-2-10-14-8(7-16-10)5-13-3-4-15-6-9(11)12/h7,9,13H,2-6H2,1H3. The van der Waals surface area contributed by atoms with Crippen molar-refractivity contribution in [2.75, 3.05) is 19.8 Å². The molecule has 1 aromatic rings. The van der Waals surface area contributed by atoms with Gasteiger partial charge >= 0.3 is 0 Å². The molecule has 0 aliphatic carbocycles. The first-order valence-corrected chi connectivity index (χ1v) is 6.10. The van der Waals surface area contributed by atoms with E-state index in [0.29, 0.717) is 19.7 Å². The molecular formula is C10H16F2N2OS. The molecule has 1 rings (SSSR count). The van der Waals surface area contributed by atoms with Gasteiger partial charge in [0.15, 0.2) is 0 Å². The van der Waals surface area contributed by atoms with Crippen LogP contribution in [0.2, 0.25) is 0 Å². The van der Waals surface area contributed by atoms with Gasteiger partial charge in [-0.1, -0.05) is 6.92 Å². The Bertz CT molecular complexity index is 294. The third-order valence-electron chi connectivity index (χ3n) is 1.87. The number of thiazole rings is 1. The number of hydrogen-bond donors (Lipinski definition) is 1. The van der Waals surface area contributed by atoms with E-state index in [0.717, 1.165) is 17.1 Å². The summed E-state index contributed by atoms with van der Waals surface area (Å²) in [6, 6.07) is 0. The van der Waals surface area contributed by atoms with Crippen LogP contribution in [0.15, 0.2) is 5.38 Å². The lowest BCUT2D eigenvalue weighted by molar-refractivity contribution is 0.0187. The summed E-state index contributed by atoms with van der Waals surface area (Å²) in [7, 11) is 0. The number of halogens is 2. The summed E-state index contributed by atoms with van der Waals surface area (Å²) >= 11 is 1.64. The minimum absolute atomic E-state index is 0.301. The van der Waals surface area contributed by atoms with Crippen molar-refractivity contribution in [1.82, 2.24) is 10.3 Å². The topological polar surface area (TPSA) is 34.2 Å². The van der Waals surface area contributed by atoms with Crippen LogP contribution in [0, 0.1) is 0 Å². The molecule has 0 saturated carbocycles. The van der Waals surface area contributed by atoms with Gasteiger partial charge in [0.05, 0.1) is 17.3 Å². The van der Waals surface area contributed by atoms with Gasteiger partial charge in [-0.15, -0.1) is 11.3 Å². The van der Waals surface area contributed by atoms with E-state index in [1.54, 1.807) is 11.3 Å². The molecule has 92 valence electrons. The predicted molar refractivity (Wildman–Crippen MR) is 60.0 cm³/mol. The van der Waals surface area contributed by atoms with Crippen LogP contribution in [0.4, 0.5) is 8.78 Å². The van der Waals surface area contributed by atoms with Crippen molar-refractivity contribution in [2.24, 2.45) is 0 Å². The maximum Gasteiger partial charge on any atom is 0.261 e. The van der Waals surface area contributed by atoms with Crippen molar-refractivity contribution in [2.45, 2.75) is 26.3 Å². The molecule has 0 spiro atoms. The quantitative estimate of drug-likeness (QED) is 0.717. The first kappa shape index (κ1) is 13.5. The number of aromatic nitrogens is 1. The van der Waals surface area contributed by atoms with Gasteiger partial charge < -0.3 is 10.1 Å². The normalized spacial score (nSPS) is 11.2. The van der Waals surface area contributed by atoms with E-state index in [4.69, 9.17) is 4.74 Å². The second-order valence-electron chi connectivity index (χ2n) is 3.23. The molecule has 3 nitrogen and oxygen atoms in total. The van der Waals surface area contributed by atoms with Crippen LogP contribution in [0.1, 0.15) is 17.6 Å². The minimum atomic E-state index is -2.38. The van der Waals surface area contributed by atoms with Gasteiger partial charge in [0.25, 0.3) is 6.43 Å². The van der Waals surface area contributed by atoms with Crippen molar-refractivity contribution < 1.29 is 13.5 Å². The molecule has 16 heavy (non-hydrogen) atoms. The number of nitrogens with zero attached hydrogens (tertiary/aromatic N) is 1. The molecule has 0 radical (unpaired) electrons. The lowest BCUT2D eigenvalue weighted by Gasteiger charge is -2.04. The molecule has 1 aromatic heterocycles. The van der Waals surface area contributed by atoms with Crippen LogP contribution < -0.4 is 5.32 Å². The zero-order valence-electron chi connectivity index (χ0n) is 9.21. The second-order valence-corrected chi connectivity index (χ2v) is 4.17. The van der Waals surface area contributed by atoms with Crippen LogP contribution in [-0.4, -0.2) is 31.2 Å². The molecule has 0 fully saturated rings. The molecular weight excluding hydrogens is 234 g/mol. The van der Waals surface area contributed by atoms with Crippen molar-refractivity contribution in [3.05, 3.63) is 16.1 Å². The molecule has 0 aromatic carbocycles. The van der Waals surface area contributed by atoms with E-state index in [-0.39, 0.29) is 0 Å². The molecule has 6 heteroatoms. The Hall–Kier alpha value is -0.590. The fraction of sp³-hybridized carbons (Fsp3) is 0.700. The van der Waals surface area contributed by atoms with E-state index in [1.807, 2.05) is 5.38 Å². The highest BCUT2D eigenvalue weighted by Gasteiger charge is 2.01. The summed E-state index contributed by atoms with van der Waals surface area (Å²) in [6.07, 6.45) is -1.44. The highest BCUT2D eigenvalue weighted by atomic mass is 32.1. The Labute approximate surface area is 97.8 Å². The minimum Gasteiger partial charge on any atom is -0.374 e. The summed E-state index contributed by atoms with van der Waals surface area (Å²) in [6.45, 7) is 3.10. The highest BCUT2D eigenvalue weighted by Crippen LogP contribution is 2.09. The van der Waals surface area contributed by atoms with Crippen LogP contribution in [-0.2, 0) is 17.7 Å². The zero-order valence-corrected chi connectivity index (χ0v) is 10.0. The van der Waals surface area contributed by atoms with E-state index in [1.165, 1.54) is 0 Å². The highest BCUT2D eigenvalue weighted by molar-refractivity contribution is 7.09. The van der Waals surface area contributed by atoms with Crippen molar-refractivity contribution in [1.29, 1.82) is 0 Å². The number of aryl methyl sites for hydroxylation is 1. The van der Waals surface area contributed by atoms with Crippen LogP contribution in [0.3, 0.4) is 0 Å². The molecule has 0 bridgehead atoms. The molecule has 0 aliphatic rings. The van der Waals surface area contributed by atoms with Crippen molar-refractivity contribution in [3.8, 4) is 0 Å². The number of alkyl halides is 2. The Morgan fingerprint density at radius 1 is 1.56 bits per heavy atom. The fourth-order valence-corrected chi connectivity index (χ4v) is 1.87. The monoisotopic (exact) mass is 250 g/mol. The Kier molecular flexibility index (Phi) is 6.44. The van der Waals surface area contributed by atoms with E-state index in [2.05, 4.69) is 17.2 Å². The van der Waals surface area contributed by atoms with Crippen molar-refractivity contribution in [3.63, 3.8) is 0 Å². The predicted octanol–water partition coefficient (Wildman–Crippen LogP) is 2.08. The lowest BCUT2D eigenvalue weighted by atomic mass is 10.4. The van der Waals surface area contributed by atoms with Gasteiger partial charge in [-0.25, -0.2) is 13.8 Å². The van der Waals surface area contributed by atoms with Crippen LogP contribution in [0.25, 0.3) is 0 Å². The molecule has 1 heterocycles. The lowest BCUT2D eigenvalue weighted by Crippen LogP contribution is -2.20. The van der Waals surface area contributed by atoms with Crippen molar-refractivity contribution >= 4 is 11.3 Å². The van der Waals surface area contributed by atoms with Gasteiger partial charge in [0, 0.05) is 18.5 Å². The first-order valence-electron chi connectivity index (χ1n) is 5.22. The number of nitrogens with one attached hydrogen (secondary N) is 1. The van der Waals surface area contributed by atoms with Gasteiger partial charge in [-0.3, -0.25) is 0 Å². The average Bonchev–Trinajstić information content (AvgIpc) is 2.70. The summed E-state index contributed by atoms with van der Waals surface area (Å²) in [5, 5.41) is 6.21. The maximum atomic E-state index is 11.7. The molecule has 0 saturated heterocycles. The summed E-state index contributed by atoms with van der Waals surface area (Å²) < 4.78 is 28.1. The third kappa shape index (κ3) is 5.48. The van der Waals surface area contributed by atoms with Crippen LogP contribution >= 0.6 is 11.3 Å². The molecule has 0 amide bonds. The number of hydrogen-bond acceptors (Lipinski definition) is 4. The van der Waals surface area contributed by atoms with E-state index < -0.39 is 13.0 Å². The van der Waals surface area contributed by atoms with Gasteiger partial charge in [0.2, 0.25) is 0 Å². The smallest absolute Gasteiger partial charge is 0.261 e. The Morgan fingerprint density at radius 2 is 2.38 bits per heavy atom. The van der Waals surface area contributed by atoms with Gasteiger partial charge in [-0.2, -0.15) is 0 Å². The fourth-order valence-electron chi connectivity index (χ4n) is 1.13. The number of ether oxygens (including phenoxy) is 1. The maximum absolute atomic E-state index is 11.7. The molecule has 1 N–H and O–H groups in total. The molecule has 0 atom stereocenters. The van der Waals surface area contributed by atoms with Crippen LogP contribution in [0.5, 0.6) is 0 Å². The first-order chi connectivity index (χ1) is 7.72.